The summed E-state index contributed by atoms with van der Waals surface area (Å²) in [6, 6.07) is 5.37. The number of rotatable bonds is 4. The minimum Gasteiger partial charge on any atom is -0.487 e. The molecule has 0 saturated carbocycles. The number of ether oxygens (including phenoxy) is 1. The van der Waals surface area contributed by atoms with E-state index in [2.05, 4.69) is 0 Å². The van der Waals surface area contributed by atoms with Gasteiger partial charge in [-0.2, -0.15) is 0 Å². The largest absolute Gasteiger partial charge is 0.487 e. The summed E-state index contributed by atoms with van der Waals surface area (Å²) < 4.78 is 30.2. The van der Waals surface area contributed by atoms with Gasteiger partial charge in [0.15, 0.2) is 0 Å². The Kier molecular flexibility index (Phi) is 6.66. The van der Waals surface area contributed by atoms with E-state index in [1.54, 1.807) is 0 Å². The van der Waals surface area contributed by atoms with Crippen LogP contribution in [0.25, 0.3) is 0 Å². The molecule has 0 radical (unpaired) electrons. The molecule has 1 rings (SSSR count). The molecule has 2 nitrogen and oxygen atoms in total. The summed E-state index contributed by atoms with van der Waals surface area (Å²) in [4.78, 5) is 0. The molecule has 5 heteroatoms. The number of halogens is 3. The maximum absolute atomic E-state index is 12.8. The molecular weight excluding hydrogens is 224 g/mol. The van der Waals surface area contributed by atoms with Crippen LogP contribution in [-0.2, 0) is 0 Å². The molecule has 1 aromatic rings. The van der Waals surface area contributed by atoms with Crippen molar-refractivity contribution in [2.75, 3.05) is 13.2 Å². The monoisotopic (exact) mass is 235 g/mol. The zero-order valence-corrected chi connectivity index (χ0v) is 8.77. The molecule has 1 aromatic carbocycles. The Morgan fingerprint density at radius 3 is 2.47 bits per heavy atom. The zero-order valence-electron chi connectivity index (χ0n) is 7.95. The fraction of sp³-hybridized carbons (Fsp3) is 0.200. The van der Waals surface area contributed by atoms with E-state index in [-0.39, 0.29) is 31.4 Å². The fourth-order valence-corrected chi connectivity index (χ4v) is 0.870. The van der Waals surface area contributed by atoms with Crippen LogP contribution in [-0.4, -0.2) is 13.2 Å². The summed E-state index contributed by atoms with van der Waals surface area (Å²) in [5, 5.41) is 0. The number of hydrogen-bond acceptors (Lipinski definition) is 2. The van der Waals surface area contributed by atoms with Gasteiger partial charge in [0, 0.05) is 6.54 Å². The predicted octanol–water partition coefficient (Wildman–Crippen LogP) is 2.44. The molecule has 0 saturated heterocycles. The van der Waals surface area contributed by atoms with E-state index in [9.17, 15) is 8.78 Å². The van der Waals surface area contributed by atoms with E-state index in [0.29, 0.717) is 5.75 Å². The first-order valence-electron chi connectivity index (χ1n) is 4.15. The highest BCUT2D eigenvalue weighted by atomic mass is 35.5. The van der Waals surface area contributed by atoms with E-state index >= 15 is 0 Å². The first-order chi connectivity index (χ1) is 6.72. The van der Waals surface area contributed by atoms with Crippen LogP contribution < -0.4 is 10.5 Å². The predicted molar refractivity (Wildman–Crippen MR) is 57.4 cm³/mol. The minimum absolute atomic E-state index is 0. The molecule has 0 unspecified atom stereocenters. The Labute approximate surface area is 93.1 Å². The molecule has 0 aromatic heterocycles. The van der Waals surface area contributed by atoms with Crippen molar-refractivity contribution >= 4 is 12.4 Å². The SMILES string of the molecule is Cl.NCC=C(F)COc1ccc(F)cc1. The molecule has 2 N–H and O–H groups in total. The lowest BCUT2D eigenvalue weighted by Gasteiger charge is -2.03. The molecule has 0 atom stereocenters. The van der Waals surface area contributed by atoms with Crippen molar-refractivity contribution in [2.24, 2.45) is 5.73 Å². The van der Waals surface area contributed by atoms with Crippen LogP contribution in [0.4, 0.5) is 8.78 Å². The standard InChI is InChI=1S/C10H11F2NO.ClH/c11-8-1-3-10(4-2-8)14-7-9(12)5-6-13;/h1-5H,6-7,13H2;1H. The second-order valence-corrected chi connectivity index (χ2v) is 2.63. The Bertz CT molecular complexity index is 314. The second kappa shape index (κ2) is 7.20. The first kappa shape index (κ1) is 13.9. The van der Waals surface area contributed by atoms with Gasteiger partial charge in [0.1, 0.15) is 24.0 Å². The lowest BCUT2D eigenvalue weighted by atomic mass is 10.3. The lowest BCUT2D eigenvalue weighted by molar-refractivity contribution is 0.318. The third kappa shape index (κ3) is 5.34. The van der Waals surface area contributed by atoms with E-state index in [1.165, 1.54) is 30.3 Å². The Balaban J connectivity index is 0.00000196. The van der Waals surface area contributed by atoms with Gasteiger partial charge in [-0.1, -0.05) is 0 Å². The number of benzene rings is 1. The van der Waals surface area contributed by atoms with Crippen molar-refractivity contribution in [1.82, 2.24) is 0 Å². The van der Waals surface area contributed by atoms with Gasteiger partial charge in [-0.05, 0) is 30.3 Å². The second-order valence-electron chi connectivity index (χ2n) is 2.63. The van der Waals surface area contributed by atoms with Gasteiger partial charge in [-0.3, -0.25) is 0 Å². The maximum atomic E-state index is 12.8. The molecule has 0 amide bonds. The Morgan fingerprint density at radius 2 is 1.93 bits per heavy atom. The molecule has 0 bridgehead atoms. The number of nitrogens with two attached hydrogens (primary N) is 1. The smallest absolute Gasteiger partial charge is 0.139 e. The highest BCUT2D eigenvalue weighted by Crippen LogP contribution is 2.12. The van der Waals surface area contributed by atoms with Gasteiger partial charge in [0.2, 0.25) is 0 Å². The molecule has 84 valence electrons. The average molecular weight is 236 g/mol. The fourth-order valence-electron chi connectivity index (χ4n) is 0.870. The van der Waals surface area contributed by atoms with Crippen molar-refractivity contribution in [3.05, 3.63) is 42.0 Å². The Morgan fingerprint density at radius 1 is 1.33 bits per heavy atom. The average Bonchev–Trinajstić information content (AvgIpc) is 2.17. The highest BCUT2D eigenvalue weighted by Gasteiger charge is 1.97. The minimum atomic E-state index is -0.433. The molecule has 0 fully saturated rings. The van der Waals surface area contributed by atoms with Crippen LogP contribution in [0.1, 0.15) is 0 Å². The first-order valence-corrected chi connectivity index (χ1v) is 4.15. The molecule has 0 aliphatic carbocycles. The summed E-state index contributed by atoms with van der Waals surface area (Å²) in [7, 11) is 0. The van der Waals surface area contributed by atoms with Gasteiger partial charge in [-0.25, -0.2) is 8.78 Å². The maximum Gasteiger partial charge on any atom is 0.139 e. The Hall–Kier alpha value is -1.13. The van der Waals surface area contributed by atoms with Crippen LogP contribution in [0.3, 0.4) is 0 Å². The molecule has 15 heavy (non-hydrogen) atoms. The molecule has 0 spiro atoms. The highest BCUT2D eigenvalue weighted by molar-refractivity contribution is 5.85. The molecule has 0 aliphatic heterocycles. The van der Waals surface area contributed by atoms with Crippen molar-refractivity contribution < 1.29 is 13.5 Å². The van der Waals surface area contributed by atoms with Gasteiger partial charge in [0.25, 0.3) is 0 Å². The van der Waals surface area contributed by atoms with Gasteiger partial charge in [0.05, 0.1) is 0 Å². The normalized spacial score (nSPS) is 10.7. The lowest BCUT2D eigenvalue weighted by Crippen LogP contribution is -2.01. The molecule has 0 heterocycles. The van der Waals surface area contributed by atoms with Crippen LogP contribution in [0.2, 0.25) is 0 Å². The summed E-state index contributed by atoms with van der Waals surface area (Å²) in [5.74, 6) is -0.362. The molecule has 0 aliphatic rings. The van der Waals surface area contributed by atoms with Gasteiger partial charge >= 0.3 is 0 Å². The zero-order chi connectivity index (χ0) is 10.4. The van der Waals surface area contributed by atoms with E-state index in [0.717, 1.165) is 0 Å². The van der Waals surface area contributed by atoms with Crippen LogP contribution in [0.5, 0.6) is 5.75 Å². The van der Waals surface area contributed by atoms with E-state index in [4.69, 9.17) is 10.5 Å². The third-order valence-electron chi connectivity index (χ3n) is 1.53. The van der Waals surface area contributed by atoms with Crippen molar-refractivity contribution in [3.63, 3.8) is 0 Å². The topological polar surface area (TPSA) is 35.2 Å². The van der Waals surface area contributed by atoms with Gasteiger partial charge in [-0.15, -0.1) is 12.4 Å². The van der Waals surface area contributed by atoms with Gasteiger partial charge < -0.3 is 10.5 Å². The molecular formula is C10H12ClF2NO. The van der Waals surface area contributed by atoms with Crippen LogP contribution >= 0.6 is 12.4 Å². The van der Waals surface area contributed by atoms with Crippen molar-refractivity contribution in [3.8, 4) is 5.75 Å². The van der Waals surface area contributed by atoms with Crippen LogP contribution in [0.15, 0.2) is 36.2 Å². The van der Waals surface area contributed by atoms with E-state index < -0.39 is 5.83 Å². The van der Waals surface area contributed by atoms with E-state index in [1.807, 2.05) is 0 Å². The third-order valence-corrected chi connectivity index (χ3v) is 1.53. The van der Waals surface area contributed by atoms with Crippen molar-refractivity contribution in [1.29, 1.82) is 0 Å². The quantitative estimate of drug-likeness (QED) is 0.870. The summed E-state index contributed by atoms with van der Waals surface area (Å²) >= 11 is 0. The van der Waals surface area contributed by atoms with Crippen molar-refractivity contribution in [2.45, 2.75) is 0 Å². The summed E-state index contributed by atoms with van der Waals surface area (Å²) in [6.45, 7) is -0.0402. The van der Waals surface area contributed by atoms with Crippen LogP contribution in [0, 0.1) is 5.82 Å². The summed E-state index contributed by atoms with van der Waals surface area (Å²) in [5.41, 5.74) is 5.10. The number of hydrogen-bond donors (Lipinski definition) is 1. The summed E-state index contributed by atoms with van der Waals surface area (Å²) in [6.07, 6.45) is 1.23.